The van der Waals surface area contributed by atoms with Crippen molar-refractivity contribution in [1.29, 1.82) is 0 Å². The molecule has 0 aliphatic rings. The SMILES string of the molecule is Cc1ccc(C(C)(C)C)c(Oc2ccccc2N)c1. The lowest BCUT2D eigenvalue weighted by Crippen LogP contribution is -2.12. The van der Waals surface area contributed by atoms with Gasteiger partial charge in [-0.25, -0.2) is 0 Å². The van der Waals surface area contributed by atoms with Crippen molar-refractivity contribution in [3.8, 4) is 11.5 Å². The third-order valence-electron chi connectivity index (χ3n) is 3.08. The summed E-state index contributed by atoms with van der Waals surface area (Å²) in [5, 5.41) is 0. The maximum absolute atomic E-state index is 6.02. The van der Waals surface area contributed by atoms with Gasteiger partial charge in [0.1, 0.15) is 11.5 Å². The number of aryl methyl sites for hydroxylation is 1. The monoisotopic (exact) mass is 255 g/mol. The highest BCUT2D eigenvalue weighted by Gasteiger charge is 2.19. The zero-order chi connectivity index (χ0) is 14.0. The number of para-hydroxylation sites is 2. The molecule has 0 saturated carbocycles. The molecule has 0 spiro atoms. The topological polar surface area (TPSA) is 35.2 Å². The van der Waals surface area contributed by atoms with Crippen molar-refractivity contribution in [3.05, 3.63) is 53.6 Å². The lowest BCUT2D eigenvalue weighted by atomic mass is 9.86. The second-order valence-corrected chi connectivity index (χ2v) is 5.89. The van der Waals surface area contributed by atoms with Crippen LogP contribution in [0.4, 0.5) is 5.69 Å². The first-order valence-electron chi connectivity index (χ1n) is 6.51. The number of hydrogen-bond donors (Lipinski definition) is 1. The Hall–Kier alpha value is -1.96. The summed E-state index contributed by atoms with van der Waals surface area (Å²) < 4.78 is 6.02. The highest BCUT2D eigenvalue weighted by atomic mass is 16.5. The molecule has 2 nitrogen and oxygen atoms in total. The van der Waals surface area contributed by atoms with E-state index in [0.29, 0.717) is 11.4 Å². The smallest absolute Gasteiger partial charge is 0.150 e. The molecule has 2 aromatic carbocycles. The van der Waals surface area contributed by atoms with E-state index in [1.165, 1.54) is 11.1 Å². The molecule has 0 fully saturated rings. The van der Waals surface area contributed by atoms with Crippen LogP contribution in [0.15, 0.2) is 42.5 Å². The lowest BCUT2D eigenvalue weighted by Gasteiger charge is -2.23. The van der Waals surface area contributed by atoms with Gasteiger partial charge in [0.2, 0.25) is 0 Å². The van der Waals surface area contributed by atoms with E-state index < -0.39 is 0 Å². The standard InChI is InChI=1S/C17H21NO/c1-12-9-10-13(17(2,3)4)16(11-12)19-15-8-6-5-7-14(15)18/h5-11H,18H2,1-4H3. The highest BCUT2D eigenvalue weighted by molar-refractivity contribution is 5.55. The van der Waals surface area contributed by atoms with Gasteiger partial charge >= 0.3 is 0 Å². The Morgan fingerprint density at radius 3 is 2.26 bits per heavy atom. The fraction of sp³-hybridized carbons (Fsp3) is 0.294. The number of ether oxygens (including phenoxy) is 1. The van der Waals surface area contributed by atoms with Crippen LogP contribution in [0.5, 0.6) is 11.5 Å². The zero-order valence-corrected chi connectivity index (χ0v) is 12.0. The molecule has 0 bridgehead atoms. The number of benzene rings is 2. The van der Waals surface area contributed by atoms with Gasteiger partial charge in [-0.15, -0.1) is 0 Å². The molecule has 19 heavy (non-hydrogen) atoms. The lowest BCUT2D eigenvalue weighted by molar-refractivity contribution is 0.457. The molecule has 2 aromatic rings. The van der Waals surface area contributed by atoms with E-state index in [1.54, 1.807) is 0 Å². The number of rotatable bonds is 2. The van der Waals surface area contributed by atoms with Crippen LogP contribution in [0.25, 0.3) is 0 Å². The van der Waals surface area contributed by atoms with Gasteiger partial charge in [0.05, 0.1) is 5.69 Å². The fourth-order valence-electron chi connectivity index (χ4n) is 2.03. The molecule has 0 amide bonds. The van der Waals surface area contributed by atoms with Gasteiger partial charge in [-0.1, -0.05) is 45.0 Å². The Morgan fingerprint density at radius 1 is 0.947 bits per heavy atom. The first-order valence-corrected chi connectivity index (χ1v) is 6.51. The van der Waals surface area contributed by atoms with E-state index in [0.717, 1.165) is 5.75 Å². The summed E-state index contributed by atoms with van der Waals surface area (Å²) in [6.07, 6.45) is 0. The predicted octanol–water partition coefficient (Wildman–Crippen LogP) is 4.67. The molecule has 0 aliphatic heterocycles. The Balaban J connectivity index is 2.45. The molecule has 0 radical (unpaired) electrons. The van der Waals surface area contributed by atoms with E-state index in [-0.39, 0.29) is 5.41 Å². The van der Waals surface area contributed by atoms with Crippen molar-refractivity contribution in [1.82, 2.24) is 0 Å². The average molecular weight is 255 g/mol. The summed E-state index contributed by atoms with van der Waals surface area (Å²) in [5.41, 5.74) is 8.99. The minimum Gasteiger partial charge on any atom is -0.455 e. The van der Waals surface area contributed by atoms with Crippen LogP contribution in [0, 0.1) is 6.92 Å². The molecule has 2 N–H and O–H groups in total. The van der Waals surface area contributed by atoms with Crippen molar-refractivity contribution in [2.45, 2.75) is 33.1 Å². The van der Waals surface area contributed by atoms with Gasteiger partial charge in [0.15, 0.2) is 0 Å². The van der Waals surface area contributed by atoms with Gasteiger partial charge < -0.3 is 10.5 Å². The molecule has 100 valence electrons. The fourth-order valence-corrected chi connectivity index (χ4v) is 2.03. The van der Waals surface area contributed by atoms with Crippen molar-refractivity contribution in [2.75, 3.05) is 5.73 Å². The van der Waals surface area contributed by atoms with Crippen LogP contribution < -0.4 is 10.5 Å². The van der Waals surface area contributed by atoms with Crippen LogP contribution in [0.1, 0.15) is 31.9 Å². The largest absolute Gasteiger partial charge is 0.455 e. The summed E-state index contributed by atoms with van der Waals surface area (Å²) in [6.45, 7) is 8.60. The highest BCUT2D eigenvalue weighted by Crippen LogP contribution is 2.36. The molecule has 0 aliphatic carbocycles. The van der Waals surface area contributed by atoms with E-state index in [4.69, 9.17) is 10.5 Å². The zero-order valence-electron chi connectivity index (χ0n) is 12.0. The first kappa shape index (κ1) is 13.5. The molecule has 0 heterocycles. The van der Waals surface area contributed by atoms with Crippen molar-refractivity contribution in [2.24, 2.45) is 0 Å². The van der Waals surface area contributed by atoms with E-state index in [1.807, 2.05) is 24.3 Å². The normalized spacial score (nSPS) is 11.4. The molecule has 0 saturated heterocycles. The van der Waals surface area contributed by atoms with Gasteiger partial charge in [0, 0.05) is 5.56 Å². The summed E-state index contributed by atoms with van der Waals surface area (Å²) in [4.78, 5) is 0. The summed E-state index contributed by atoms with van der Waals surface area (Å²) >= 11 is 0. The number of anilines is 1. The third kappa shape index (κ3) is 3.08. The van der Waals surface area contributed by atoms with Crippen molar-refractivity contribution >= 4 is 5.69 Å². The molecule has 0 aromatic heterocycles. The molecular formula is C17H21NO. The number of nitrogen functional groups attached to an aromatic ring is 1. The Morgan fingerprint density at radius 2 is 1.63 bits per heavy atom. The van der Waals surface area contributed by atoms with E-state index in [2.05, 4.69) is 45.9 Å². The minimum absolute atomic E-state index is 0.0343. The number of nitrogens with two attached hydrogens (primary N) is 1. The van der Waals surface area contributed by atoms with Crippen LogP contribution in [-0.4, -0.2) is 0 Å². The summed E-state index contributed by atoms with van der Waals surface area (Å²) in [6, 6.07) is 13.9. The molecule has 0 atom stereocenters. The molecular weight excluding hydrogens is 234 g/mol. The van der Waals surface area contributed by atoms with Crippen LogP contribution in [0.2, 0.25) is 0 Å². The summed E-state index contributed by atoms with van der Waals surface area (Å²) in [7, 11) is 0. The van der Waals surface area contributed by atoms with Gasteiger partial charge in [-0.3, -0.25) is 0 Å². The van der Waals surface area contributed by atoms with Crippen LogP contribution >= 0.6 is 0 Å². The van der Waals surface area contributed by atoms with Crippen LogP contribution in [0.3, 0.4) is 0 Å². The summed E-state index contributed by atoms with van der Waals surface area (Å²) in [5.74, 6) is 1.59. The van der Waals surface area contributed by atoms with Crippen molar-refractivity contribution in [3.63, 3.8) is 0 Å². The van der Waals surface area contributed by atoms with E-state index >= 15 is 0 Å². The predicted molar refractivity (Wildman–Crippen MR) is 80.8 cm³/mol. The molecule has 2 heteroatoms. The quantitative estimate of drug-likeness (QED) is 0.792. The van der Waals surface area contributed by atoms with Crippen molar-refractivity contribution < 1.29 is 4.74 Å². The first-order chi connectivity index (χ1) is 8.88. The average Bonchev–Trinajstić information content (AvgIpc) is 2.30. The van der Waals surface area contributed by atoms with Crippen LogP contribution in [-0.2, 0) is 5.41 Å². The minimum atomic E-state index is 0.0343. The second-order valence-electron chi connectivity index (χ2n) is 5.89. The Kier molecular flexibility index (Phi) is 3.52. The van der Waals surface area contributed by atoms with E-state index in [9.17, 15) is 0 Å². The van der Waals surface area contributed by atoms with Gasteiger partial charge in [0.25, 0.3) is 0 Å². The van der Waals surface area contributed by atoms with Gasteiger partial charge in [-0.2, -0.15) is 0 Å². The number of hydrogen-bond acceptors (Lipinski definition) is 2. The molecule has 2 rings (SSSR count). The Bertz CT molecular complexity index is 582. The Labute approximate surface area is 115 Å². The van der Waals surface area contributed by atoms with Gasteiger partial charge in [-0.05, 0) is 36.1 Å². The maximum atomic E-state index is 6.02. The second kappa shape index (κ2) is 4.96. The third-order valence-corrected chi connectivity index (χ3v) is 3.08. The maximum Gasteiger partial charge on any atom is 0.150 e. The molecule has 0 unspecified atom stereocenters.